The van der Waals surface area contributed by atoms with Crippen molar-refractivity contribution in [3.05, 3.63) is 0 Å². The molecule has 0 aromatic carbocycles. The Labute approximate surface area is 254 Å². The molecule has 0 saturated heterocycles. The predicted molar refractivity (Wildman–Crippen MR) is 173 cm³/mol. The fourth-order valence-corrected chi connectivity index (χ4v) is 4.77. The van der Waals surface area contributed by atoms with Crippen LogP contribution in [0.1, 0.15) is 169 Å². The third-order valence-electron chi connectivity index (χ3n) is 5.53. The van der Waals surface area contributed by atoms with Crippen molar-refractivity contribution in [1.82, 2.24) is 0 Å². The predicted octanol–water partition coefficient (Wildman–Crippen LogP) is 10.2. The van der Waals surface area contributed by atoms with Gasteiger partial charge < -0.3 is 43.0 Å². The van der Waals surface area contributed by atoms with E-state index in [1.165, 1.54) is 153 Å². The van der Waals surface area contributed by atoms with E-state index in [2.05, 4.69) is 33.4 Å². The van der Waals surface area contributed by atoms with Gasteiger partial charge in [-0.25, -0.2) is 0 Å². The summed E-state index contributed by atoms with van der Waals surface area (Å²) in [6.07, 6.45) is 30.9. The number of unbranched alkanes of at least 4 members (excludes halogenated alkanes) is 19. The van der Waals surface area contributed by atoms with Crippen molar-refractivity contribution in [3.8, 4) is 0 Å². The summed E-state index contributed by atoms with van der Waals surface area (Å²) in [6.45, 7) is 8.31. The van der Waals surface area contributed by atoms with E-state index in [9.17, 15) is 0 Å². The van der Waals surface area contributed by atoms with Crippen LogP contribution in [0, 0.1) is 0 Å². The van der Waals surface area contributed by atoms with Crippen LogP contribution in [0.2, 0.25) is 4.44 Å². The Hall–Kier alpha value is 1.81. The number of rotatable bonds is 22. The average Bonchev–Trinajstić information content (AvgIpc) is 2.83. The number of aliphatic hydroxyl groups excluding tert-OH is 1. The standard InChI is InChI=1S/2C12H26S.C4H9.C2H6OS.Sn/c2*1-2-3-4-5-6-7-8-9-10-11-12-13;1-3-4-2;1-2(3)4;/h2*13H,2-12H2,1H3;1,3-4H2,2H3;2-4H,1H3;/q;;;;+3/p-3. The van der Waals surface area contributed by atoms with Crippen molar-refractivity contribution in [2.45, 2.75) is 179 Å². The summed E-state index contributed by atoms with van der Waals surface area (Å²) < 4.78 is 1.43. The summed E-state index contributed by atoms with van der Waals surface area (Å²) in [4.78, 5) is 0. The monoisotopic (exact) mass is 656 g/mol. The van der Waals surface area contributed by atoms with Gasteiger partial charge in [-0.3, -0.25) is 0 Å². The molecule has 0 heterocycles. The Morgan fingerprint density at radius 2 is 0.686 bits per heavy atom. The molecule has 35 heavy (non-hydrogen) atoms. The van der Waals surface area contributed by atoms with E-state index in [1.54, 1.807) is 22.5 Å². The Balaban J connectivity index is -0.000000205. The summed E-state index contributed by atoms with van der Waals surface area (Å²) >= 11 is 15.7. The van der Waals surface area contributed by atoms with Crippen LogP contribution in [-0.4, -0.2) is 44.6 Å². The van der Waals surface area contributed by atoms with E-state index in [1.807, 2.05) is 0 Å². The van der Waals surface area contributed by atoms with Gasteiger partial charge in [-0.15, -0.1) is 0 Å². The zero-order valence-corrected chi connectivity index (χ0v) is 29.7. The van der Waals surface area contributed by atoms with E-state index < -0.39 is 5.44 Å². The summed E-state index contributed by atoms with van der Waals surface area (Å²) in [7, 11) is 0. The number of hydrogen-bond donors (Lipinski definition) is 1. The van der Waals surface area contributed by atoms with Gasteiger partial charge in [0.1, 0.15) is 0 Å². The molecule has 0 amide bonds. The van der Waals surface area contributed by atoms with Gasteiger partial charge in [0.05, 0.1) is 0 Å². The van der Waals surface area contributed by atoms with Crippen LogP contribution in [0.3, 0.4) is 0 Å². The van der Waals surface area contributed by atoms with Crippen LogP contribution in [0.4, 0.5) is 0 Å². The fourth-order valence-electron chi connectivity index (χ4n) is 3.36. The van der Waals surface area contributed by atoms with Crippen molar-refractivity contribution >= 4 is 60.4 Å². The second-order valence-corrected chi connectivity index (χ2v) is 12.4. The van der Waals surface area contributed by atoms with E-state index in [4.69, 9.17) is 30.4 Å². The molecule has 0 fully saturated rings. The zero-order chi connectivity index (χ0) is 27.3. The Bertz CT molecular complexity index is 248. The van der Waals surface area contributed by atoms with Gasteiger partial charge in [-0.05, 0) is 0 Å². The molecule has 1 nitrogen and oxygen atoms in total. The molecule has 0 spiro atoms. The molecular formula is C30H64OS3Sn. The summed E-state index contributed by atoms with van der Waals surface area (Å²) in [6, 6.07) is 0. The molecule has 1 N–H and O–H groups in total. The van der Waals surface area contributed by atoms with Crippen molar-refractivity contribution in [1.29, 1.82) is 0 Å². The van der Waals surface area contributed by atoms with Gasteiger partial charge in [0.15, 0.2) is 0 Å². The SMILES string of the molecule is CC(O)[S-].CCCCCCCCCCCC[S-].CCCCCCCCCCCC[S-].CCC[CH2][Sn+3]. The molecule has 0 aliphatic heterocycles. The van der Waals surface area contributed by atoms with Gasteiger partial charge in [-0.1, -0.05) is 155 Å². The van der Waals surface area contributed by atoms with Crippen molar-refractivity contribution in [3.63, 3.8) is 0 Å². The molecule has 1 atom stereocenters. The van der Waals surface area contributed by atoms with E-state index in [0.29, 0.717) is 0 Å². The molecule has 0 radical (unpaired) electrons. The van der Waals surface area contributed by atoms with Gasteiger partial charge in [-0.2, -0.15) is 11.5 Å². The van der Waals surface area contributed by atoms with Crippen LogP contribution in [-0.2, 0) is 37.9 Å². The summed E-state index contributed by atoms with van der Waals surface area (Å²) in [5.41, 5.74) is -0.583. The molecule has 0 aromatic heterocycles. The molecule has 212 valence electrons. The van der Waals surface area contributed by atoms with Crippen LogP contribution in [0.25, 0.3) is 0 Å². The topological polar surface area (TPSA) is 20.2 Å². The second-order valence-electron chi connectivity index (χ2n) is 9.48. The van der Waals surface area contributed by atoms with Crippen LogP contribution in [0.15, 0.2) is 0 Å². The molecular weight excluding hydrogens is 591 g/mol. The summed E-state index contributed by atoms with van der Waals surface area (Å²) in [5.74, 6) is 1.91. The number of hydrogen-bond acceptors (Lipinski definition) is 4. The Kier molecular flexibility index (Phi) is 61.2. The van der Waals surface area contributed by atoms with Crippen molar-refractivity contribution in [2.75, 3.05) is 11.5 Å². The normalized spacial score (nSPS) is 10.9. The van der Waals surface area contributed by atoms with E-state index in [-0.39, 0.29) is 0 Å². The number of aliphatic hydroxyl groups is 1. The maximum atomic E-state index is 7.87. The molecule has 0 aliphatic rings. The maximum absolute atomic E-state index is 7.87. The molecule has 5 heteroatoms. The van der Waals surface area contributed by atoms with Crippen LogP contribution in [0.5, 0.6) is 0 Å². The molecule has 0 rings (SSSR count). The zero-order valence-electron chi connectivity index (χ0n) is 24.4. The van der Waals surface area contributed by atoms with E-state index in [0.717, 1.165) is 11.5 Å². The quantitative estimate of drug-likeness (QED) is 0.0711. The average molecular weight is 656 g/mol. The van der Waals surface area contributed by atoms with Crippen molar-refractivity contribution in [2.24, 2.45) is 0 Å². The first-order valence-corrected chi connectivity index (χ1v) is 18.8. The Morgan fingerprint density at radius 3 is 0.829 bits per heavy atom. The Morgan fingerprint density at radius 1 is 0.486 bits per heavy atom. The molecule has 1 unspecified atom stereocenters. The third-order valence-corrected chi connectivity index (χ3v) is 7.11. The minimum atomic E-state index is -0.583. The molecule has 0 saturated carbocycles. The fraction of sp³-hybridized carbons (Fsp3) is 1.00. The van der Waals surface area contributed by atoms with Crippen molar-refractivity contribution < 1.29 is 5.11 Å². The van der Waals surface area contributed by atoms with E-state index >= 15 is 0 Å². The molecule has 0 bridgehead atoms. The first-order chi connectivity index (χ1) is 17.0. The second kappa shape index (κ2) is 48.8. The first kappa shape index (κ1) is 43.8. The molecule has 0 aromatic rings. The van der Waals surface area contributed by atoms with Gasteiger partial charge in [0.25, 0.3) is 0 Å². The third kappa shape index (κ3) is 72.2. The van der Waals surface area contributed by atoms with Crippen LogP contribution >= 0.6 is 0 Å². The first-order valence-electron chi connectivity index (χ1n) is 15.1. The van der Waals surface area contributed by atoms with Gasteiger partial charge in [0.2, 0.25) is 0 Å². The van der Waals surface area contributed by atoms with Gasteiger partial charge >= 0.3 is 46.7 Å². The minimum absolute atomic E-state index is 0.583. The van der Waals surface area contributed by atoms with Gasteiger partial charge in [0, 0.05) is 0 Å². The van der Waals surface area contributed by atoms with Crippen LogP contribution < -0.4 is 0 Å². The molecule has 0 aliphatic carbocycles. The summed E-state index contributed by atoms with van der Waals surface area (Å²) in [5, 5.41) is 7.87.